The second-order valence-electron chi connectivity index (χ2n) is 8.45. The number of halogens is 1. The number of aryl methyl sites for hydroxylation is 1. The van der Waals surface area contributed by atoms with E-state index in [1.165, 1.54) is 22.1 Å². The minimum atomic E-state index is -0.836. The molecule has 1 spiro atoms. The van der Waals surface area contributed by atoms with Crippen LogP contribution in [0.1, 0.15) is 46.9 Å². The van der Waals surface area contributed by atoms with Crippen molar-refractivity contribution >= 4 is 11.3 Å². The summed E-state index contributed by atoms with van der Waals surface area (Å²) in [6.07, 6.45) is 1.44. The maximum atomic E-state index is 13.6. The summed E-state index contributed by atoms with van der Waals surface area (Å²) < 4.78 is 25.9. The van der Waals surface area contributed by atoms with Crippen molar-refractivity contribution in [1.29, 1.82) is 0 Å². The number of rotatable bonds is 3. The monoisotopic (exact) mass is 424 g/mol. The molecule has 156 valence electrons. The lowest BCUT2D eigenvalue weighted by Gasteiger charge is -2.39. The van der Waals surface area contributed by atoms with Gasteiger partial charge in [0.25, 0.3) is 0 Å². The summed E-state index contributed by atoms with van der Waals surface area (Å²) in [6, 6.07) is 15.3. The van der Waals surface area contributed by atoms with E-state index < -0.39 is 11.9 Å². The van der Waals surface area contributed by atoms with Gasteiger partial charge in [0.2, 0.25) is 0 Å². The molecule has 1 aromatic heterocycles. The Hall–Kier alpha value is -2.05. The Kier molecular flexibility index (Phi) is 5.02. The van der Waals surface area contributed by atoms with Crippen molar-refractivity contribution in [2.45, 2.75) is 57.7 Å². The first-order valence-corrected chi connectivity index (χ1v) is 11.2. The fourth-order valence-electron chi connectivity index (χ4n) is 4.67. The maximum absolute atomic E-state index is 13.6. The number of ether oxygens (including phenoxy) is 2. The van der Waals surface area contributed by atoms with Gasteiger partial charge in [0.15, 0.2) is 5.79 Å². The van der Waals surface area contributed by atoms with Gasteiger partial charge in [0.05, 0.1) is 18.8 Å². The van der Waals surface area contributed by atoms with Crippen LogP contribution in [0.15, 0.2) is 48.5 Å². The third kappa shape index (κ3) is 3.60. The van der Waals surface area contributed by atoms with Crippen LogP contribution < -0.4 is 0 Å². The number of hydrogen-bond acceptors (Lipinski definition) is 4. The van der Waals surface area contributed by atoms with Gasteiger partial charge in [0, 0.05) is 28.2 Å². The second kappa shape index (κ2) is 7.57. The summed E-state index contributed by atoms with van der Waals surface area (Å²) in [4.78, 5) is 2.29. The molecule has 0 amide bonds. The highest BCUT2D eigenvalue weighted by Crippen LogP contribution is 2.46. The van der Waals surface area contributed by atoms with Gasteiger partial charge in [-0.3, -0.25) is 0 Å². The van der Waals surface area contributed by atoms with E-state index in [1.807, 2.05) is 13.0 Å². The zero-order chi connectivity index (χ0) is 20.9. The lowest BCUT2D eigenvalue weighted by atomic mass is 9.89. The van der Waals surface area contributed by atoms with E-state index in [2.05, 4.69) is 31.2 Å². The molecular formula is C25H25FO3S. The van der Waals surface area contributed by atoms with Crippen molar-refractivity contribution in [3.8, 4) is 10.4 Å². The lowest BCUT2D eigenvalue weighted by molar-refractivity contribution is -0.295. The zero-order valence-electron chi connectivity index (χ0n) is 17.2. The third-order valence-electron chi connectivity index (χ3n) is 6.07. The second-order valence-corrected chi connectivity index (χ2v) is 9.62. The highest BCUT2D eigenvalue weighted by atomic mass is 32.1. The number of aliphatic hydroxyl groups excluding tert-OH is 1. The number of fused-ring (bicyclic) bond motifs is 2. The molecule has 3 heterocycles. The molecule has 3 nitrogen and oxygen atoms in total. The van der Waals surface area contributed by atoms with Crippen LogP contribution in [0.25, 0.3) is 10.4 Å². The molecule has 0 bridgehead atoms. The van der Waals surface area contributed by atoms with Crippen molar-refractivity contribution in [3.05, 3.63) is 81.5 Å². The summed E-state index contributed by atoms with van der Waals surface area (Å²) in [5.41, 5.74) is 5.55. The number of hydrogen-bond donors (Lipinski definition) is 1. The Balaban J connectivity index is 1.45. The molecule has 3 atom stereocenters. The molecule has 0 saturated carbocycles. The summed E-state index contributed by atoms with van der Waals surface area (Å²) in [6.45, 7) is 4.62. The van der Waals surface area contributed by atoms with Crippen LogP contribution in [0.5, 0.6) is 0 Å². The molecule has 2 aliphatic rings. The Morgan fingerprint density at radius 3 is 2.87 bits per heavy atom. The van der Waals surface area contributed by atoms with Crippen molar-refractivity contribution in [3.63, 3.8) is 0 Å². The van der Waals surface area contributed by atoms with E-state index in [-0.39, 0.29) is 11.9 Å². The van der Waals surface area contributed by atoms with E-state index >= 15 is 0 Å². The molecule has 5 heteroatoms. The van der Waals surface area contributed by atoms with Gasteiger partial charge in [-0.2, -0.15) is 0 Å². The highest BCUT2D eigenvalue weighted by Gasteiger charge is 2.47. The molecule has 1 fully saturated rings. The fourth-order valence-corrected chi connectivity index (χ4v) is 5.70. The molecule has 0 radical (unpaired) electrons. The van der Waals surface area contributed by atoms with Gasteiger partial charge in [0.1, 0.15) is 5.82 Å². The first kappa shape index (κ1) is 19.9. The maximum Gasteiger partial charge on any atom is 0.198 e. The highest BCUT2D eigenvalue weighted by molar-refractivity contribution is 7.15. The van der Waals surface area contributed by atoms with Crippen molar-refractivity contribution < 1.29 is 19.0 Å². The fraction of sp³-hybridized carbons (Fsp3) is 0.360. The lowest BCUT2D eigenvalue weighted by Crippen LogP contribution is -2.43. The zero-order valence-corrected chi connectivity index (χ0v) is 18.0. The van der Waals surface area contributed by atoms with Gasteiger partial charge in [-0.05, 0) is 72.9 Å². The van der Waals surface area contributed by atoms with Crippen molar-refractivity contribution in [1.82, 2.24) is 0 Å². The average molecular weight is 425 g/mol. The van der Waals surface area contributed by atoms with Crippen LogP contribution in [-0.4, -0.2) is 17.3 Å². The number of benzene rings is 2. The quantitative estimate of drug-likeness (QED) is 0.586. The minimum absolute atomic E-state index is 0.0458. The van der Waals surface area contributed by atoms with Gasteiger partial charge >= 0.3 is 0 Å². The van der Waals surface area contributed by atoms with Crippen LogP contribution in [0.2, 0.25) is 0 Å². The SMILES string of the molecule is Cc1cc2c(cc1Cc1ccc(-c3cccc(F)c3)s1)[C@]1(CC(O)CC(C)O1)OC2. The van der Waals surface area contributed by atoms with E-state index in [4.69, 9.17) is 9.47 Å². The van der Waals surface area contributed by atoms with Gasteiger partial charge in [-0.15, -0.1) is 11.3 Å². The predicted octanol–water partition coefficient (Wildman–Crippen LogP) is 5.70. The minimum Gasteiger partial charge on any atom is -0.393 e. The molecule has 2 aromatic carbocycles. The summed E-state index contributed by atoms with van der Waals surface area (Å²) in [5, 5.41) is 10.3. The topological polar surface area (TPSA) is 38.7 Å². The Labute approximate surface area is 180 Å². The van der Waals surface area contributed by atoms with E-state index in [9.17, 15) is 9.50 Å². The Bertz CT molecular complexity index is 1080. The van der Waals surface area contributed by atoms with Crippen LogP contribution in [0.4, 0.5) is 4.39 Å². The van der Waals surface area contributed by atoms with Crippen molar-refractivity contribution in [2.24, 2.45) is 0 Å². The molecule has 30 heavy (non-hydrogen) atoms. The largest absolute Gasteiger partial charge is 0.393 e. The van der Waals surface area contributed by atoms with Crippen LogP contribution >= 0.6 is 11.3 Å². The van der Waals surface area contributed by atoms with E-state index in [1.54, 1.807) is 23.5 Å². The summed E-state index contributed by atoms with van der Waals surface area (Å²) >= 11 is 1.69. The predicted molar refractivity (Wildman–Crippen MR) is 116 cm³/mol. The van der Waals surface area contributed by atoms with Crippen LogP contribution in [0, 0.1) is 12.7 Å². The molecule has 3 aromatic rings. The van der Waals surface area contributed by atoms with E-state index in [0.29, 0.717) is 19.4 Å². The smallest absolute Gasteiger partial charge is 0.198 e. The first-order valence-electron chi connectivity index (χ1n) is 10.4. The van der Waals surface area contributed by atoms with Crippen LogP contribution in [-0.2, 0) is 28.3 Å². The Morgan fingerprint density at radius 1 is 1.20 bits per heavy atom. The summed E-state index contributed by atoms with van der Waals surface area (Å²) in [7, 11) is 0. The summed E-state index contributed by atoms with van der Waals surface area (Å²) in [5.74, 6) is -1.05. The van der Waals surface area contributed by atoms with Gasteiger partial charge in [-0.1, -0.05) is 18.2 Å². The molecule has 5 rings (SSSR count). The van der Waals surface area contributed by atoms with Crippen molar-refractivity contribution in [2.75, 3.05) is 0 Å². The standard InChI is InChI=1S/C25H25FO3S/c1-15-8-19-14-28-25(13-21(27)9-16(2)29-25)23(19)12-18(15)11-22-6-7-24(30-22)17-4-3-5-20(26)10-17/h3-8,10,12,16,21,27H,9,11,13-14H2,1-2H3/t16?,21?,25-/m1/s1. The van der Waals surface area contributed by atoms with Gasteiger partial charge < -0.3 is 14.6 Å². The molecule has 1 N–H and O–H groups in total. The number of aliphatic hydroxyl groups is 1. The van der Waals surface area contributed by atoms with Gasteiger partial charge in [-0.25, -0.2) is 4.39 Å². The molecular weight excluding hydrogens is 399 g/mol. The molecule has 2 aliphatic heterocycles. The number of thiophene rings is 1. The Morgan fingerprint density at radius 2 is 2.07 bits per heavy atom. The normalized spacial score (nSPS) is 25.6. The van der Waals surface area contributed by atoms with E-state index in [0.717, 1.165) is 28.0 Å². The first-order chi connectivity index (χ1) is 14.4. The third-order valence-corrected chi connectivity index (χ3v) is 7.20. The molecule has 1 saturated heterocycles. The average Bonchev–Trinajstić information content (AvgIpc) is 3.27. The van der Waals surface area contributed by atoms with Crippen LogP contribution in [0.3, 0.4) is 0 Å². The molecule has 0 aliphatic carbocycles. The molecule has 2 unspecified atom stereocenters.